The first kappa shape index (κ1) is 26.2. The van der Waals surface area contributed by atoms with Crippen molar-refractivity contribution >= 4 is 54.8 Å². The Morgan fingerprint density at radius 2 is 1.37 bits per heavy atom. The SMILES string of the molecule is [2H]C([2H])([2H])c1cccc2c1ccc1cc3c(nc12)oc1c(-c2nc4ccccc4n2-c2c(C(C)C)cc(-c4ccccc4)cc2C(C)C)cccc13. The van der Waals surface area contributed by atoms with Gasteiger partial charge in [-0.15, -0.1) is 0 Å². The molecule has 238 valence electrons. The third-order valence-corrected chi connectivity index (χ3v) is 9.86. The normalized spacial score (nSPS) is 13.3. The van der Waals surface area contributed by atoms with Crippen molar-refractivity contribution in [1.29, 1.82) is 0 Å². The van der Waals surface area contributed by atoms with Crippen molar-refractivity contribution in [2.45, 2.75) is 46.4 Å². The van der Waals surface area contributed by atoms with Crippen molar-refractivity contribution in [3.05, 3.63) is 138 Å². The average molecular weight is 639 g/mol. The van der Waals surface area contributed by atoms with E-state index in [4.69, 9.17) is 18.5 Å². The highest BCUT2D eigenvalue weighted by atomic mass is 16.3. The van der Waals surface area contributed by atoms with Crippen LogP contribution in [0.2, 0.25) is 0 Å². The van der Waals surface area contributed by atoms with Crippen molar-refractivity contribution in [2.75, 3.05) is 0 Å². The molecule has 0 spiro atoms. The molecule has 0 radical (unpaired) electrons. The quantitative estimate of drug-likeness (QED) is 0.176. The zero-order valence-electron chi connectivity index (χ0n) is 31.0. The molecule has 4 heteroatoms. The molecule has 9 aromatic rings. The van der Waals surface area contributed by atoms with Gasteiger partial charge < -0.3 is 4.42 Å². The van der Waals surface area contributed by atoms with E-state index in [1.807, 2.05) is 24.3 Å². The number of hydrogen-bond acceptors (Lipinski definition) is 3. The standard InChI is InChI=1S/C45H37N3O/c1-26(2)36-24-31(29-14-7-6-8-15-29)25-37(27(3)4)42(36)48-40-20-10-9-19-39(40)46-44(48)35-18-12-17-34-38-23-30-21-22-32-28(5)13-11-16-33(32)41(30)47-45(38)49-43(34)35/h6-27H,1-5H3/i5D3. The highest BCUT2D eigenvalue weighted by molar-refractivity contribution is 6.15. The molecule has 0 amide bonds. The maximum absolute atomic E-state index is 8.10. The second-order valence-electron chi connectivity index (χ2n) is 13.6. The van der Waals surface area contributed by atoms with Crippen LogP contribution < -0.4 is 0 Å². The molecular formula is C45H37N3O. The van der Waals surface area contributed by atoms with E-state index in [-0.39, 0.29) is 11.8 Å². The van der Waals surface area contributed by atoms with Gasteiger partial charge in [-0.25, -0.2) is 9.97 Å². The lowest BCUT2D eigenvalue weighted by molar-refractivity contribution is 0.656. The first-order valence-corrected chi connectivity index (χ1v) is 17.0. The fraction of sp³-hybridized carbons (Fsp3) is 0.156. The molecule has 49 heavy (non-hydrogen) atoms. The van der Waals surface area contributed by atoms with Crippen molar-refractivity contribution in [3.8, 4) is 28.2 Å². The highest BCUT2D eigenvalue weighted by Gasteiger charge is 2.25. The van der Waals surface area contributed by atoms with E-state index < -0.39 is 6.85 Å². The number of aromatic nitrogens is 3. The van der Waals surface area contributed by atoms with E-state index >= 15 is 0 Å². The number of imidazole rings is 1. The monoisotopic (exact) mass is 638 g/mol. The molecule has 0 saturated heterocycles. The Hall–Kier alpha value is -5.74. The summed E-state index contributed by atoms with van der Waals surface area (Å²) in [5.74, 6) is 1.29. The van der Waals surface area contributed by atoms with Gasteiger partial charge in [0, 0.05) is 25.7 Å². The van der Waals surface area contributed by atoms with Crippen molar-refractivity contribution in [3.63, 3.8) is 0 Å². The molecule has 0 aliphatic carbocycles. The second kappa shape index (κ2) is 11.2. The fourth-order valence-electron chi connectivity index (χ4n) is 7.43. The molecule has 3 aromatic heterocycles. The largest absolute Gasteiger partial charge is 0.437 e. The van der Waals surface area contributed by atoms with E-state index in [0.717, 1.165) is 49.7 Å². The maximum Gasteiger partial charge on any atom is 0.227 e. The summed E-state index contributed by atoms with van der Waals surface area (Å²) in [6, 6.07) is 41.2. The van der Waals surface area contributed by atoms with Gasteiger partial charge in [0.25, 0.3) is 0 Å². The molecule has 3 heterocycles. The molecule has 0 bridgehead atoms. The number of fused-ring (bicyclic) bond motifs is 7. The predicted octanol–water partition coefficient (Wildman–Crippen LogP) is 12.5. The van der Waals surface area contributed by atoms with Crippen LogP contribution in [0.25, 0.3) is 83.0 Å². The molecule has 0 fully saturated rings. The molecule has 6 aromatic carbocycles. The highest BCUT2D eigenvalue weighted by Crippen LogP contribution is 2.43. The van der Waals surface area contributed by atoms with Gasteiger partial charge in [0.1, 0.15) is 11.4 Å². The number of nitrogens with zero attached hydrogens (tertiary/aromatic N) is 3. The van der Waals surface area contributed by atoms with Crippen LogP contribution in [0.5, 0.6) is 0 Å². The molecule has 0 aliphatic heterocycles. The summed E-state index contributed by atoms with van der Waals surface area (Å²) in [4.78, 5) is 10.4. The number of furan rings is 1. The van der Waals surface area contributed by atoms with Gasteiger partial charge in [0.2, 0.25) is 5.71 Å². The Labute approximate surface area is 289 Å². The molecule has 0 atom stereocenters. The third-order valence-electron chi connectivity index (χ3n) is 9.86. The van der Waals surface area contributed by atoms with Crippen molar-refractivity contribution in [1.82, 2.24) is 14.5 Å². The summed E-state index contributed by atoms with van der Waals surface area (Å²) in [7, 11) is 0. The molecule has 0 unspecified atom stereocenters. The smallest absolute Gasteiger partial charge is 0.227 e. The number of para-hydroxylation sites is 3. The lowest BCUT2D eigenvalue weighted by atomic mass is 9.88. The summed E-state index contributed by atoms with van der Waals surface area (Å²) in [5, 5.41) is 4.23. The van der Waals surface area contributed by atoms with E-state index in [1.165, 1.54) is 22.3 Å². The van der Waals surface area contributed by atoms with Crippen molar-refractivity contribution in [2.24, 2.45) is 0 Å². The number of aryl methyl sites for hydroxylation is 1. The van der Waals surface area contributed by atoms with Gasteiger partial charge >= 0.3 is 0 Å². The minimum absolute atomic E-state index is 0.240. The molecule has 0 N–H and O–H groups in total. The first-order chi connectivity index (χ1) is 25.1. The van der Waals surface area contributed by atoms with Crippen molar-refractivity contribution < 1.29 is 8.53 Å². The van der Waals surface area contributed by atoms with Crippen LogP contribution in [0, 0.1) is 6.85 Å². The predicted molar refractivity (Wildman–Crippen MR) is 205 cm³/mol. The Kier molecular flexibility index (Phi) is 5.98. The summed E-state index contributed by atoms with van der Waals surface area (Å²) in [5.41, 5.74) is 11.1. The molecular weight excluding hydrogens is 599 g/mol. The van der Waals surface area contributed by atoms with Crippen LogP contribution in [0.4, 0.5) is 0 Å². The van der Waals surface area contributed by atoms with Crippen LogP contribution >= 0.6 is 0 Å². The minimum Gasteiger partial charge on any atom is -0.437 e. The number of benzene rings is 6. The van der Waals surface area contributed by atoms with Gasteiger partial charge in [-0.2, -0.15) is 0 Å². The Morgan fingerprint density at radius 1 is 0.633 bits per heavy atom. The Bertz CT molecular complexity index is 2820. The molecule has 0 aliphatic rings. The molecule has 0 saturated carbocycles. The minimum atomic E-state index is -2.23. The molecule has 4 nitrogen and oxygen atoms in total. The summed E-state index contributed by atoms with van der Waals surface area (Å²) < 4.78 is 33.4. The first-order valence-electron chi connectivity index (χ1n) is 18.5. The maximum atomic E-state index is 8.10. The number of rotatable bonds is 5. The van der Waals surface area contributed by atoms with Crippen LogP contribution in [0.3, 0.4) is 0 Å². The lowest BCUT2D eigenvalue weighted by Gasteiger charge is -2.24. The van der Waals surface area contributed by atoms with E-state index in [0.29, 0.717) is 27.8 Å². The zero-order valence-corrected chi connectivity index (χ0v) is 28.0. The topological polar surface area (TPSA) is 43.9 Å². The van der Waals surface area contributed by atoms with E-state index in [1.54, 1.807) is 12.1 Å². The summed E-state index contributed by atoms with van der Waals surface area (Å²) in [6.45, 7) is 6.81. The van der Waals surface area contributed by atoms with Crippen LogP contribution in [0.15, 0.2) is 126 Å². The van der Waals surface area contributed by atoms with Gasteiger partial charge in [0.15, 0.2) is 0 Å². The van der Waals surface area contributed by atoms with Crippen LogP contribution in [-0.4, -0.2) is 14.5 Å². The van der Waals surface area contributed by atoms with Gasteiger partial charge in [0.05, 0.1) is 27.8 Å². The fourth-order valence-corrected chi connectivity index (χ4v) is 7.43. The Morgan fingerprint density at radius 3 is 2.14 bits per heavy atom. The molecule has 9 rings (SSSR count). The summed E-state index contributed by atoms with van der Waals surface area (Å²) in [6.07, 6.45) is 0. The van der Waals surface area contributed by atoms with E-state index in [2.05, 4.69) is 117 Å². The number of pyridine rings is 1. The average Bonchev–Trinajstić information content (AvgIpc) is 3.71. The Balaban J connectivity index is 1.33. The van der Waals surface area contributed by atoms with Gasteiger partial charge in [-0.3, -0.25) is 4.57 Å². The summed E-state index contributed by atoms with van der Waals surface area (Å²) >= 11 is 0. The number of hydrogen-bond donors (Lipinski definition) is 0. The zero-order chi connectivity index (χ0) is 35.9. The van der Waals surface area contributed by atoms with E-state index in [9.17, 15) is 0 Å². The van der Waals surface area contributed by atoms with Crippen LogP contribution in [-0.2, 0) is 0 Å². The third kappa shape index (κ3) is 4.58. The van der Waals surface area contributed by atoms with Gasteiger partial charge in [-0.05, 0) is 88.3 Å². The van der Waals surface area contributed by atoms with Crippen LogP contribution in [0.1, 0.15) is 60.3 Å². The second-order valence-corrected chi connectivity index (χ2v) is 13.6. The van der Waals surface area contributed by atoms with Gasteiger partial charge in [-0.1, -0.05) is 113 Å². The lowest BCUT2D eigenvalue weighted by Crippen LogP contribution is -2.09.